The first-order valence-corrected chi connectivity index (χ1v) is 17.5. The highest BCUT2D eigenvalue weighted by Gasteiger charge is 2.16. The van der Waals surface area contributed by atoms with Gasteiger partial charge in [0.2, 0.25) is 0 Å². The number of aliphatic hydroxyl groups excluding tert-OH is 1. The molecule has 0 amide bonds. The summed E-state index contributed by atoms with van der Waals surface area (Å²) in [5.74, 6) is -0.635. The smallest absolute Gasteiger partial charge is 0.306 e. The summed E-state index contributed by atoms with van der Waals surface area (Å²) in [4.78, 5) is 24.0. The number of aliphatic hydroxyl groups is 1. The second-order valence-electron chi connectivity index (χ2n) is 11.2. The molecule has 0 aliphatic carbocycles. The topological polar surface area (TPSA) is 72.8 Å². The minimum Gasteiger partial charge on any atom is -0.462 e. The SMILES string of the molecule is CC/C=C\C/C=C\C/C=C\C/C=C\C/C=C\C/C=C\CCCCCCC(=O)OC(CO)COC(=O)CCCCCCCCC. The van der Waals surface area contributed by atoms with Crippen molar-refractivity contribution < 1.29 is 24.2 Å². The van der Waals surface area contributed by atoms with Gasteiger partial charge in [-0.3, -0.25) is 9.59 Å². The average Bonchev–Trinajstić information content (AvgIpc) is 3.02. The summed E-state index contributed by atoms with van der Waals surface area (Å²) in [5.41, 5.74) is 0. The summed E-state index contributed by atoms with van der Waals surface area (Å²) in [5, 5.41) is 9.47. The first-order chi connectivity index (χ1) is 21.6. The fraction of sp³-hybridized carbons (Fsp3) is 0.641. The van der Waals surface area contributed by atoms with Gasteiger partial charge in [-0.1, -0.05) is 138 Å². The molecule has 0 aromatic carbocycles. The van der Waals surface area contributed by atoms with Crippen LogP contribution in [0.15, 0.2) is 72.9 Å². The van der Waals surface area contributed by atoms with Crippen LogP contribution in [-0.4, -0.2) is 36.4 Å². The predicted molar refractivity (Wildman–Crippen MR) is 186 cm³/mol. The minimum absolute atomic E-state index is 0.0798. The van der Waals surface area contributed by atoms with Gasteiger partial charge in [0.15, 0.2) is 6.10 Å². The molecule has 0 heterocycles. The van der Waals surface area contributed by atoms with Gasteiger partial charge in [0.05, 0.1) is 6.61 Å². The van der Waals surface area contributed by atoms with Crippen LogP contribution in [0.1, 0.15) is 142 Å². The van der Waals surface area contributed by atoms with Gasteiger partial charge in [-0.15, -0.1) is 0 Å². The largest absolute Gasteiger partial charge is 0.462 e. The summed E-state index contributed by atoms with van der Waals surface area (Å²) in [7, 11) is 0. The highest BCUT2D eigenvalue weighted by molar-refractivity contribution is 5.70. The molecule has 1 N–H and O–H groups in total. The molecule has 5 heteroatoms. The molecule has 0 saturated carbocycles. The third-order valence-corrected chi connectivity index (χ3v) is 7.01. The monoisotopic (exact) mass is 612 g/mol. The molecule has 0 saturated heterocycles. The van der Waals surface area contributed by atoms with Gasteiger partial charge in [-0.05, 0) is 64.2 Å². The lowest BCUT2D eigenvalue weighted by atomic mass is 10.1. The Morgan fingerprint density at radius 2 is 0.977 bits per heavy atom. The van der Waals surface area contributed by atoms with Gasteiger partial charge >= 0.3 is 11.9 Å². The number of allylic oxidation sites excluding steroid dienone is 12. The number of esters is 2. The van der Waals surface area contributed by atoms with Crippen LogP contribution in [-0.2, 0) is 19.1 Å². The van der Waals surface area contributed by atoms with Crippen LogP contribution in [0.25, 0.3) is 0 Å². The Hall–Kier alpha value is -2.66. The average molecular weight is 613 g/mol. The zero-order valence-corrected chi connectivity index (χ0v) is 28.1. The van der Waals surface area contributed by atoms with Gasteiger partial charge in [0.1, 0.15) is 6.61 Å². The van der Waals surface area contributed by atoms with E-state index in [4.69, 9.17) is 9.47 Å². The standard InChI is InChI=1S/C39H64O5/c1-3-5-7-9-11-12-13-14-15-16-17-18-19-20-21-22-23-24-25-26-28-30-32-34-39(42)44-37(35-40)36-43-38(41)33-31-29-27-10-8-6-4-2/h5,7,11-12,14-15,17-18,20-21,23-24,37,40H,3-4,6,8-10,13,16,19,22,25-36H2,1-2H3/b7-5-,12-11-,15-14-,18-17-,21-20-,24-23-. The summed E-state index contributed by atoms with van der Waals surface area (Å²) in [6.45, 7) is 3.93. The number of unbranched alkanes of at least 4 members (excludes halogenated alkanes) is 10. The van der Waals surface area contributed by atoms with Crippen LogP contribution in [0.4, 0.5) is 0 Å². The molecule has 0 spiro atoms. The summed E-state index contributed by atoms with van der Waals surface area (Å²) < 4.78 is 10.5. The predicted octanol–water partition coefficient (Wildman–Crippen LogP) is 10.6. The molecule has 1 unspecified atom stereocenters. The van der Waals surface area contributed by atoms with E-state index in [9.17, 15) is 14.7 Å². The van der Waals surface area contributed by atoms with Crippen molar-refractivity contribution in [1.82, 2.24) is 0 Å². The maximum atomic E-state index is 12.1. The third kappa shape index (κ3) is 32.3. The Labute approximate surface area is 270 Å². The van der Waals surface area contributed by atoms with Gasteiger partial charge in [-0.2, -0.15) is 0 Å². The second kappa shape index (κ2) is 34.8. The van der Waals surface area contributed by atoms with Crippen LogP contribution in [0.3, 0.4) is 0 Å². The quantitative estimate of drug-likeness (QED) is 0.0496. The second-order valence-corrected chi connectivity index (χ2v) is 11.2. The van der Waals surface area contributed by atoms with Crippen molar-refractivity contribution in [3.05, 3.63) is 72.9 Å². The molecule has 0 fully saturated rings. The molecule has 0 aromatic heterocycles. The zero-order valence-electron chi connectivity index (χ0n) is 28.1. The summed E-state index contributed by atoms with van der Waals surface area (Å²) >= 11 is 0. The molecule has 0 aliphatic rings. The van der Waals surface area contributed by atoms with E-state index in [1.54, 1.807) is 0 Å². The van der Waals surface area contributed by atoms with Gasteiger partial charge < -0.3 is 14.6 Å². The van der Waals surface area contributed by atoms with E-state index in [2.05, 4.69) is 86.8 Å². The van der Waals surface area contributed by atoms with Crippen molar-refractivity contribution in [3.8, 4) is 0 Å². The van der Waals surface area contributed by atoms with Crippen molar-refractivity contribution in [2.75, 3.05) is 13.2 Å². The number of carbonyl (C=O) groups is 2. The van der Waals surface area contributed by atoms with E-state index in [1.165, 1.54) is 25.7 Å². The fourth-order valence-electron chi connectivity index (χ4n) is 4.38. The molecule has 44 heavy (non-hydrogen) atoms. The molecule has 1 atom stereocenters. The van der Waals surface area contributed by atoms with Crippen LogP contribution in [0.5, 0.6) is 0 Å². The van der Waals surface area contributed by atoms with Crippen molar-refractivity contribution in [1.29, 1.82) is 0 Å². The minimum atomic E-state index is -0.784. The normalized spacial score (nSPS) is 13.1. The van der Waals surface area contributed by atoms with E-state index in [-0.39, 0.29) is 25.2 Å². The maximum absolute atomic E-state index is 12.1. The van der Waals surface area contributed by atoms with Crippen molar-refractivity contribution >= 4 is 11.9 Å². The highest BCUT2D eigenvalue weighted by atomic mass is 16.6. The third-order valence-electron chi connectivity index (χ3n) is 7.01. The first kappa shape index (κ1) is 41.3. The molecule has 0 aliphatic heterocycles. The summed E-state index contributed by atoms with van der Waals surface area (Å²) in [6.07, 6.45) is 45.4. The molecule has 0 bridgehead atoms. The lowest BCUT2D eigenvalue weighted by Crippen LogP contribution is -2.28. The number of hydrogen-bond donors (Lipinski definition) is 1. The fourth-order valence-corrected chi connectivity index (χ4v) is 4.38. The molecule has 5 nitrogen and oxygen atoms in total. The molecule has 0 rings (SSSR count). The van der Waals surface area contributed by atoms with Crippen LogP contribution < -0.4 is 0 Å². The molecular formula is C39H64O5. The number of ether oxygens (including phenoxy) is 2. The van der Waals surface area contributed by atoms with Crippen molar-refractivity contribution in [2.24, 2.45) is 0 Å². The van der Waals surface area contributed by atoms with E-state index in [1.807, 2.05) is 0 Å². The molecule has 0 radical (unpaired) electrons. The molecular weight excluding hydrogens is 548 g/mol. The van der Waals surface area contributed by atoms with Crippen LogP contribution >= 0.6 is 0 Å². The maximum Gasteiger partial charge on any atom is 0.306 e. The van der Waals surface area contributed by atoms with E-state index >= 15 is 0 Å². The Kier molecular flexibility index (Phi) is 32.7. The lowest BCUT2D eigenvalue weighted by Gasteiger charge is -2.15. The first-order valence-electron chi connectivity index (χ1n) is 17.5. The lowest BCUT2D eigenvalue weighted by molar-refractivity contribution is -0.161. The Balaban J connectivity index is 3.68. The number of carbonyl (C=O) groups excluding carboxylic acids is 2. The van der Waals surface area contributed by atoms with E-state index in [0.717, 1.165) is 89.9 Å². The van der Waals surface area contributed by atoms with E-state index in [0.29, 0.717) is 12.8 Å². The van der Waals surface area contributed by atoms with Gasteiger partial charge in [0, 0.05) is 12.8 Å². The Morgan fingerprint density at radius 3 is 1.48 bits per heavy atom. The van der Waals surface area contributed by atoms with Crippen molar-refractivity contribution in [2.45, 2.75) is 148 Å². The number of rotatable bonds is 30. The van der Waals surface area contributed by atoms with E-state index < -0.39 is 6.10 Å². The Morgan fingerprint density at radius 1 is 0.545 bits per heavy atom. The van der Waals surface area contributed by atoms with Gasteiger partial charge in [0.25, 0.3) is 0 Å². The zero-order chi connectivity index (χ0) is 32.2. The number of hydrogen-bond acceptors (Lipinski definition) is 5. The van der Waals surface area contributed by atoms with Crippen LogP contribution in [0, 0.1) is 0 Å². The van der Waals surface area contributed by atoms with Gasteiger partial charge in [-0.25, -0.2) is 0 Å². The van der Waals surface area contributed by atoms with Crippen molar-refractivity contribution in [3.63, 3.8) is 0 Å². The summed E-state index contributed by atoms with van der Waals surface area (Å²) in [6, 6.07) is 0. The highest BCUT2D eigenvalue weighted by Crippen LogP contribution is 2.10. The molecule has 250 valence electrons. The Bertz CT molecular complexity index is 833. The molecule has 0 aromatic rings. The van der Waals surface area contributed by atoms with Crippen LogP contribution in [0.2, 0.25) is 0 Å².